The number of hydrogen-bond donors (Lipinski definition) is 3. The molecule has 10 heteroatoms. The van der Waals surface area contributed by atoms with E-state index in [0.717, 1.165) is 23.8 Å². The van der Waals surface area contributed by atoms with E-state index in [2.05, 4.69) is 5.32 Å². The summed E-state index contributed by atoms with van der Waals surface area (Å²) < 4.78 is 64.8. The van der Waals surface area contributed by atoms with Crippen LogP contribution in [0.25, 0.3) is 0 Å². The molecule has 0 aliphatic carbocycles. The summed E-state index contributed by atoms with van der Waals surface area (Å²) in [5, 5.41) is 12.1. The maximum absolute atomic E-state index is 12.8. The average molecular weight is 402 g/mol. The molecule has 0 aliphatic rings. The van der Waals surface area contributed by atoms with Gasteiger partial charge < -0.3 is 10.4 Å². The highest BCUT2D eigenvalue weighted by atomic mass is 32.2. The first-order chi connectivity index (χ1) is 12.4. The molecule has 0 saturated heterocycles. The summed E-state index contributed by atoms with van der Waals surface area (Å²) in [5.74, 6) is -0.985. The lowest BCUT2D eigenvalue weighted by Gasteiger charge is -2.16. The molecule has 0 heterocycles. The SMILES string of the molecule is Cc1ccc(NC(=O)C(C)NS(=O)(=O)c2cccc(C(F)(F)F)c2)c(O)c1. The minimum Gasteiger partial charge on any atom is -0.506 e. The van der Waals surface area contributed by atoms with Crippen LogP contribution in [0.5, 0.6) is 5.75 Å². The number of phenolic OH excluding ortho intramolecular Hbond substituents is 1. The number of carbonyl (C=O) groups excluding carboxylic acids is 1. The van der Waals surface area contributed by atoms with Crippen LogP contribution in [0.1, 0.15) is 18.1 Å². The Bertz CT molecular complexity index is 959. The summed E-state index contributed by atoms with van der Waals surface area (Å²) in [4.78, 5) is 11.5. The number of anilines is 1. The highest BCUT2D eigenvalue weighted by molar-refractivity contribution is 7.89. The van der Waals surface area contributed by atoms with Gasteiger partial charge in [0.1, 0.15) is 5.75 Å². The third-order valence-corrected chi connectivity index (χ3v) is 5.15. The first-order valence-corrected chi connectivity index (χ1v) is 9.18. The Hall–Kier alpha value is -2.59. The fraction of sp³-hybridized carbons (Fsp3) is 0.235. The lowest BCUT2D eigenvalue weighted by atomic mass is 10.2. The molecule has 0 radical (unpaired) electrons. The predicted molar refractivity (Wildman–Crippen MR) is 92.7 cm³/mol. The molecule has 1 atom stereocenters. The largest absolute Gasteiger partial charge is 0.506 e. The van der Waals surface area contributed by atoms with Gasteiger partial charge in [0.25, 0.3) is 0 Å². The second-order valence-corrected chi connectivity index (χ2v) is 7.59. The van der Waals surface area contributed by atoms with Crippen molar-refractivity contribution in [2.75, 3.05) is 5.32 Å². The lowest BCUT2D eigenvalue weighted by molar-refractivity contribution is -0.137. The van der Waals surface area contributed by atoms with Crippen molar-refractivity contribution in [1.29, 1.82) is 0 Å². The molecular formula is C17H17F3N2O4S. The van der Waals surface area contributed by atoms with Crippen LogP contribution in [0.4, 0.5) is 18.9 Å². The van der Waals surface area contributed by atoms with E-state index >= 15 is 0 Å². The average Bonchev–Trinajstić information content (AvgIpc) is 2.56. The van der Waals surface area contributed by atoms with E-state index < -0.39 is 38.6 Å². The second-order valence-electron chi connectivity index (χ2n) is 5.88. The normalized spacial score (nSPS) is 13.2. The minimum atomic E-state index is -4.70. The molecule has 3 N–H and O–H groups in total. The third-order valence-electron chi connectivity index (χ3n) is 3.61. The van der Waals surface area contributed by atoms with Crippen molar-refractivity contribution in [1.82, 2.24) is 4.72 Å². The zero-order valence-corrected chi connectivity index (χ0v) is 15.1. The number of nitrogens with one attached hydrogen (secondary N) is 2. The Morgan fingerprint density at radius 3 is 2.41 bits per heavy atom. The number of rotatable bonds is 5. The molecule has 1 amide bonds. The van der Waals surface area contributed by atoms with E-state index in [1.807, 2.05) is 4.72 Å². The van der Waals surface area contributed by atoms with Crippen LogP contribution in [0.15, 0.2) is 47.4 Å². The van der Waals surface area contributed by atoms with Gasteiger partial charge >= 0.3 is 6.18 Å². The zero-order chi connectivity index (χ0) is 20.4. The molecule has 0 fully saturated rings. The first kappa shape index (κ1) is 20.7. The number of sulfonamides is 1. The molecular weight excluding hydrogens is 385 g/mol. The smallest absolute Gasteiger partial charge is 0.416 e. The van der Waals surface area contributed by atoms with E-state index in [9.17, 15) is 31.5 Å². The number of benzene rings is 2. The Morgan fingerprint density at radius 1 is 1.15 bits per heavy atom. The van der Waals surface area contributed by atoms with Crippen LogP contribution in [0.3, 0.4) is 0 Å². The molecule has 0 aromatic heterocycles. The zero-order valence-electron chi connectivity index (χ0n) is 14.3. The van der Waals surface area contributed by atoms with Crippen molar-refractivity contribution in [3.63, 3.8) is 0 Å². The van der Waals surface area contributed by atoms with Gasteiger partial charge in [0.15, 0.2) is 0 Å². The highest BCUT2D eigenvalue weighted by Crippen LogP contribution is 2.30. The monoisotopic (exact) mass is 402 g/mol. The number of hydrogen-bond acceptors (Lipinski definition) is 4. The highest BCUT2D eigenvalue weighted by Gasteiger charge is 2.32. The van der Waals surface area contributed by atoms with Crippen molar-refractivity contribution in [2.24, 2.45) is 0 Å². The fourth-order valence-corrected chi connectivity index (χ4v) is 3.43. The molecule has 2 rings (SSSR count). The van der Waals surface area contributed by atoms with Crippen LogP contribution in [-0.2, 0) is 21.0 Å². The summed E-state index contributed by atoms with van der Waals surface area (Å²) >= 11 is 0. The number of aromatic hydroxyl groups is 1. The quantitative estimate of drug-likeness (QED) is 0.670. The Labute approximate surface area is 154 Å². The maximum atomic E-state index is 12.8. The minimum absolute atomic E-state index is 0.0794. The first-order valence-electron chi connectivity index (χ1n) is 7.70. The summed E-state index contributed by atoms with van der Waals surface area (Å²) in [6.45, 7) is 2.96. The summed E-state index contributed by atoms with van der Waals surface area (Å²) in [5.41, 5.74) is -0.286. The molecule has 27 heavy (non-hydrogen) atoms. The molecule has 0 aliphatic heterocycles. The molecule has 0 spiro atoms. The molecule has 2 aromatic carbocycles. The van der Waals surface area contributed by atoms with E-state index in [0.29, 0.717) is 6.07 Å². The van der Waals surface area contributed by atoms with Gasteiger partial charge in [-0.1, -0.05) is 12.1 Å². The Balaban J connectivity index is 2.16. The molecule has 6 nitrogen and oxygen atoms in total. The molecule has 0 saturated carbocycles. The van der Waals surface area contributed by atoms with Gasteiger partial charge in [-0.25, -0.2) is 8.42 Å². The van der Waals surface area contributed by atoms with Gasteiger partial charge in [0.05, 0.1) is 22.2 Å². The number of halogens is 3. The Kier molecular flexibility index (Phi) is 5.81. The van der Waals surface area contributed by atoms with Crippen molar-refractivity contribution >= 4 is 21.6 Å². The number of phenols is 1. The van der Waals surface area contributed by atoms with Crippen molar-refractivity contribution in [2.45, 2.75) is 31.0 Å². The van der Waals surface area contributed by atoms with Gasteiger partial charge in [0.2, 0.25) is 15.9 Å². The van der Waals surface area contributed by atoms with E-state index in [1.54, 1.807) is 13.0 Å². The van der Waals surface area contributed by atoms with Crippen molar-refractivity contribution in [3.8, 4) is 5.75 Å². The number of amides is 1. The lowest BCUT2D eigenvalue weighted by Crippen LogP contribution is -2.41. The molecule has 146 valence electrons. The van der Waals surface area contributed by atoms with Crippen LogP contribution in [-0.4, -0.2) is 25.5 Å². The van der Waals surface area contributed by atoms with Gasteiger partial charge in [0, 0.05) is 0 Å². The van der Waals surface area contributed by atoms with Crippen LogP contribution in [0, 0.1) is 6.92 Å². The molecule has 1 unspecified atom stereocenters. The summed E-state index contributed by atoms with van der Waals surface area (Å²) in [6.07, 6.45) is -4.70. The van der Waals surface area contributed by atoms with Crippen LogP contribution in [0.2, 0.25) is 0 Å². The topological polar surface area (TPSA) is 95.5 Å². The van der Waals surface area contributed by atoms with Crippen molar-refractivity contribution in [3.05, 3.63) is 53.6 Å². The third kappa shape index (κ3) is 5.20. The summed E-state index contributed by atoms with van der Waals surface area (Å²) in [6, 6.07) is 6.37. The van der Waals surface area contributed by atoms with Gasteiger partial charge in [-0.05, 0) is 49.7 Å². The number of alkyl halides is 3. The van der Waals surface area contributed by atoms with Gasteiger partial charge in [-0.3, -0.25) is 4.79 Å². The van der Waals surface area contributed by atoms with Crippen LogP contribution >= 0.6 is 0 Å². The van der Waals surface area contributed by atoms with Gasteiger partial charge in [-0.15, -0.1) is 0 Å². The standard InChI is InChI=1S/C17H17F3N2O4S/c1-10-6-7-14(15(23)8-10)21-16(24)11(2)22-27(25,26)13-5-3-4-12(9-13)17(18,19)20/h3-9,11,22-23H,1-2H3,(H,21,24). The van der Waals surface area contributed by atoms with E-state index in [1.165, 1.54) is 19.1 Å². The molecule has 0 bridgehead atoms. The van der Waals surface area contributed by atoms with E-state index in [4.69, 9.17) is 0 Å². The number of aryl methyl sites for hydroxylation is 1. The maximum Gasteiger partial charge on any atom is 0.416 e. The van der Waals surface area contributed by atoms with E-state index in [-0.39, 0.29) is 11.4 Å². The van der Waals surface area contributed by atoms with Crippen LogP contribution < -0.4 is 10.0 Å². The predicted octanol–water partition coefficient (Wildman–Crippen LogP) is 3.02. The number of carbonyl (C=O) groups is 1. The second kappa shape index (κ2) is 7.57. The fourth-order valence-electron chi connectivity index (χ4n) is 2.18. The van der Waals surface area contributed by atoms with Crippen molar-refractivity contribution < 1.29 is 31.5 Å². The Morgan fingerprint density at radius 2 is 1.81 bits per heavy atom. The molecule has 2 aromatic rings. The van der Waals surface area contributed by atoms with Gasteiger partial charge in [-0.2, -0.15) is 17.9 Å². The summed E-state index contributed by atoms with van der Waals surface area (Å²) in [7, 11) is -4.37.